The Hall–Kier alpha value is -1.86. The normalized spacial score (nSPS) is 16.0. The molecule has 1 heterocycles. The SMILES string of the molecule is CC1(C)c2cc(OC[C@@H](O)CO)c(Br)cc2C(=O)c2c1[nH]c1cc(Cl)ccc21. The molecule has 0 fully saturated rings. The van der Waals surface area contributed by atoms with Crippen LogP contribution in [-0.2, 0) is 5.41 Å². The molecule has 0 unspecified atom stereocenters. The highest BCUT2D eigenvalue weighted by atomic mass is 79.9. The number of carbonyl (C=O) groups is 1. The minimum atomic E-state index is -0.970. The lowest BCUT2D eigenvalue weighted by Gasteiger charge is -2.32. The first kappa shape index (κ1) is 19.5. The van der Waals surface area contributed by atoms with Crippen LogP contribution in [0.1, 0.15) is 41.0 Å². The zero-order chi connectivity index (χ0) is 20.2. The van der Waals surface area contributed by atoms with E-state index in [1.807, 2.05) is 32.0 Å². The predicted octanol–water partition coefficient (Wildman–Crippen LogP) is 4.19. The molecule has 0 saturated carbocycles. The van der Waals surface area contributed by atoms with E-state index in [2.05, 4.69) is 20.9 Å². The van der Waals surface area contributed by atoms with Gasteiger partial charge in [0.15, 0.2) is 5.78 Å². The predicted molar refractivity (Wildman–Crippen MR) is 112 cm³/mol. The van der Waals surface area contributed by atoms with E-state index < -0.39 is 11.5 Å². The van der Waals surface area contributed by atoms with Crippen molar-refractivity contribution in [3.63, 3.8) is 0 Å². The fourth-order valence-electron chi connectivity index (χ4n) is 3.75. The monoisotopic (exact) mass is 463 g/mol. The van der Waals surface area contributed by atoms with Crippen molar-refractivity contribution >= 4 is 44.2 Å². The van der Waals surface area contributed by atoms with Gasteiger partial charge in [0.05, 0.1) is 16.6 Å². The Bertz CT molecular complexity index is 1110. The maximum atomic E-state index is 13.3. The highest BCUT2D eigenvalue weighted by Crippen LogP contribution is 2.46. The summed E-state index contributed by atoms with van der Waals surface area (Å²) in [6.45, 7) is 3.68. The number of fused-ring (bicyclic) bond motifs is 4. The third kappa shape index (κ3) is 2.95. The fourth-order valence-corrected chi connectivity index (χ4v) is 4.38. The first-order chi connectivity index (χ1) is 13.2. The Morgan fingerprint density at radius 3 is 2.75 bits per heavy atom. The van der Waals surface area contributed by atoms with Crippen molar-refractivity contribution in [2.45, 2.75) is 25.4 Å². The largest absolute Gasteiger partial charge is 0.490 e. The summed E-state index contributed by atoms with van der Waals surface area (Å²) in [5.74, 6) is 0.454. The van der Waals surface area contributed by atoms with Gasteiger partial charge in [-0.1, -0.05) is 31.5 Å². The van der Waals surface area contributed by atoms with Gasteiger partial charge in [0, 0.05) is 32.6 Å². The maximum Gasteiger partial charge on any atom is 0.195 e. The molecule has 2 aromatic carbocycles. The van der Waals surface area contributed by atoms with Gasteiger partial charge in [-0.2, -0.15) is 0 Å². The number of hydrogen-bond donors (Lipinski definition) is 3. The summed E-state index contributed by atoms with van der Waals surface area (Å²) in [5.41, 5.74) is 3.30. The van der Waals surface area contributed by atoms with Gasteiger partial charge in [0.2, 0.25) is 0 Å². The van der Waals surface area contributed by atoms with Crippen LogP contribution in [0.4, 0.5) is 0 Å². The number of rotatable bonds is 4. The van der Waals surface area contributed by atoms with Gasteiger partial charge in [-0.05, 0) is 45.8 Å². The number of ether oxygens (including phenoxy) is 1. The topological polar surface area (TPSA) is 82.5 Å². The summed E-state index contributed by atoms with van der Waals surface area (Å²) in [5, 5.41) is 20.0. The van der Waals surface area contributed by atoms with E-state index in [1.165, 1.54) is 0 Å². The highest BCUT2D eigenvalue weighted by Gasteiger charge is 2.40. The number of halogens is 2. The lowest BCUT2D eigenvalue weighted by molar-refractivity contribution is 0.0533. The molecule has 0 amide bonds. The highest BCUT2D eigenvalue weighted by molar-refractivity contribution is 9.10. The zero-order valence-electron chi connectivity index (χ0n) is 15.3. The quantitative estimate of drug-likeness (QED) is 0.541. The Morgan fingerprint density at radius 1 is 1.29 bits per heavy atom. The molecule has 1 aliphatic carbocycles. The van der Waals surface area contributed by atoms with Gasteiger partial charge in [0.1, 0.15) is 18.5 Å². The summed E-state index contributed by atoms with van der Waals surface area (Å²) in [7, 11) is 0. The number of aliphatic hydroxyl groups is 2. The molecule has 0 spiro atoms. The molecule has 1 atom stereocenters. The number of H-pyrrole nitrogens is 1. The minimum Gasteiger partial charge on any atom is -0.490 e. The number of hydrogen-bond acceptors (Lipinski definition) is 4. The van der Waals surface area contributed by atoms with Crippen molar-refractivity contribution in [3.8, 4) is 5.75 Å². The molecule has 3 aromatic rings. The molecular weight excluding hydrogens is 446 g/mol. The average molecular weight is 465 g/mol. The van der Waals surface area contributed by atoms with Crippen LogP contribution >= 0.6 is 27.5 Å². The molecule has 5 nitrogen and oxygen atoms in total. The smallest absolute Gasteiger partial charge is 0.195 e. The summed E-state index contributed by atoms with van der Waals surface area (Å²) in [4.78, 5) is 16.7. The van der Waals surface area contributed by atoms with Crippen LogP contribution in [0, 0.1) is 0 Å². The molecule has 0 saturated heterocycles. The Morgan fingerprint density at radius 2 is 2.04 bits per heavy atom. The third-order valence-electron chi connectivity index (χ3n) is 5.24. The van der Waals surface area contributed by atoms with E-state index in [0.29, 0.717) is 26.4 Å². The van der Waals surface area contributed by atoms with Crippen molar-refractivity contribution in [2.24, 2.45) is 0 Å². The number of benzene rings is 2. The first-order valence-electron chi connectivity index (χ1n) is 8.86. The number of aromatic amines is 1. The molecule has 1 aromatic heterocycles. The van der Waals surface area contributed by atoms with Crippen LogP contribution in [-0.4, -0.2) is 40.3 Å². The van der Waals surface area contributed by atoms with Crippen molar-refractivity contribution in [2.75, 3.05) is 13.2 Å². The standard InChI is InChI=1S/C21H19BrClNO4/c1-21(2)14-7-17(28-9-11(26)8-25)15(22)6-13(14)19(27)18-12-4-3-10(23)5-16(12)24-20(18)21/h3-7,11,24-26H,8-9H2,1-2H3/t11-/m0/s1. The second kappa shape index (κ2) is 6.88. The molecular formula is C21H19BrClNO4. The molecule has 4 rings (SSSR count). The Balaban J connectivity index is 1.87. The van der Waals surface area contributed by atoms with Gasteiger partial charge in [0.25, 0.3) is 0 Å². The fraction of sp³-hybridized carbons (Fsp3) is 0.286. The van der Waals surface area contributed by atoms with Crippen LogP contribution in [0.3, 0.4) is 0 Å². The summed E-state index contributed by atoms with van der Waals surface area (Å²) < 4.78 is 6.27. The number of aliphatic hydroxyl groups excluding tert-OH is 2. The van der Waals surface area contributed by atoms with Crippen LogP contribution in [0.25, 0.3) is 10.9 Å². The molecule has 146 valence electrons. The Kier molecular flexibility index (Phi) is 4.78. The van der Waals surface area contributed by atoms with Crippen LogP contribution in [0.5, 0.6) is 5.75 Å². The van der Waals surface area contributed by atoms with Gasteiger partial charge >= 0.3 is 0 Å². The molecule has 0 radical (unpaired) electrons. The van der Waals surface area contributed by atoms with E-state index >= 15 is 0 Å². The first-order valence-corrected chi connectivity index (χ1v) is 10.0. The molecule has 0 aliphatic heterocycles. The molecule has 0 bridgehead atoms. The number of nitrogens with one attached hydrogen (secondary N) is 1. The van der Waals surface area contributed by atoms with Gasteiger partial charge in [-0.3, -0.25) is 4.79 Å². The van der Waals surface area contributed by atoms with Crippen molar-refractivity contribution in [3.05, 3.63) is 62.2 Å². The second-order valence-corrected chi connectivity index (χ2v) is 8.79. The molecule has 7 heteroatoms. The third-order valence-corrected chi connectivity index (χ3v) is 6.10. The van der Waals surface area contributed by atoms with E-state index in [0.717, 1.165) is 22.2 Å². The summed E-state index contributed by atoms with van der Waals surface area (Å²) in [6.07, 6.45) is -0.970. The van der Waals surface area contributed by atoms with Gasteiger partial charge in [-0.15, -0.1) is 0 Å². The van der Waals surface area contributed by atoms with Crippen LogP contribution in [0.15, 0.2) is 34.8 Å². The van der Waals surface area contributed by atoms with E-state index in [1.54, 1.807) is 12.1 Å². The number of aromatic nitrogens is 1. The number of carbonyl (C=O) groups excluding carboxylic acids is 1. The van der Waals surface area contributed by atoms with Crippen molar-refractivity contribution in [1.29, 1.82) is 0 Å². The van der Waals surface area contributed by atoms with Gasteiger partial charge < -0.3 is 19.9 Å². The lowest BCUT2D eigenvalue weighted by atomic mass is 9.71. The van der Waals surface area contributed by atoms with Crippen LogP contribution < -0.4 is 4.74 Å². The van der Waals surface area contributed by atoms with E-state index in [4.69, 9.17) is 21.4 Å². The maximum absolute atomic E-state index is 13.3. The number of ketones is 1. The molecule has 28 heavy (non-hydrogen) atoms. The van der Waals surface area contributed by atoms with Crippen molar-refractivity contribution in [1.82, 2.24) is 4.98 Å². The Labute approximate surface area is 175 Å². The summed E-state index contributed by atoms with van der Waals surface area (Å²) >= 11 is 9.58. The average Bonchev–Trinajstić information content (AvgIpc) is 3.04. The molecule has 1 aliphatic rings. The minimum absolute atomic E-state index is 0.0433. The molecule has 3 N–H and O–H groups in total. The summed E-state index contributed by atoms with van der Waals surface area (Å²) in [6, 6.07) is 9.06. The van der Waals surface area contributed by atoms with E-state index in [-0.39, 0.29) is 19.0 Å². The zero-order valence-corrected chi connectivity index (χ0v) is 17.7. The van der Waals surface area contributed by atoms with Gasteiger partial charge in [-0.25, -0.2) is 0 Å². The lowest BCUT2D eigenvalue weighted by Crippen LogP contribution is -2.30. The van der Waals surface area contributed by atoms with E-state index in [9.17, 15) is 9.90 Å². The van der Waals surface area contributed by atoms with Crippen LogP contribution in [0.2, 0.25) is 5.02 Å². The van der Waals surface area contributed by atoms with Crippen molar-refractivity contribution < 1.29 is 19.7 Å². The second-order valence-electron chi connectivity index (χ2n) is 7.49.